The normalized spacial score (nSPS) is 13.4. The van der Waals surface area contributed by atoms with Gasteiger partial charge in [0.05, 0.1) is 13.0 Å². The molecule has 0 aromatic carbocycles. The lowest BCUT2D eigenvalue weighted by atomic mass is 10.0. The van der Waals surface area contributed by atoms with E-state index in [1.54, 1.807) is 0 Å². The fraction of sp³-hybridized carbons (Fsp3) is 0.909. The summed E-state index contributed by atoms with van der Waals surface area (Å²) in [6.07, 6.45) is 0.462. The van der Waals surface area contributed by atoms with Crippen LogP contribution >= 0.6 is 0 Å². The van der Waals surface area contributed by atoms with Crippen LogP contribution in [0.2, 0.25) is 0 Å². The summed E-state index contributed by atoms with van der Waals surface area (Å²) in [6, 6.07) is 0.617. The molecule has 0 rings (SSSR count). The Morgan fingerprint density at radius 2 is 1.86 bits per heavy atom. The average molecular weight is 201 g/mol. The van der Waals surface area contributed by atoms with Gasteiger partial charge in [-0.25, -0.2) is 0 Å². The Balaban J connectivity index is 4.02. The molecule has 3 nitrogen and oxygen atoms in total. The molecule has 14 heavy (non-hydrogen) atoms. The zero-order chi connectivity index (χ0) is 11.1. The van der Waals surface area contributed by atoms with Gasteiger partial charge in [0, 0.05) is 12.1 Å². The van der Waals surface area contributed by atoms with Gasteiger partial charge < -0.3 is 10.1 Å². The van der Waals surface area contributed by atoms with E-state index in [-0.39, 0.29) is 12.0 Å². The van der Waals surface area contributed by atoms with Crippen molar-refractivity contribution < 1.29 is 9.53 Å². The molecular weight excluding hydrogens is 178 g/mol. The summed E-state index contributed by atoms with van der Waals surface area (Å²) in [5.41, 5.74) is 0. The molecule has 0 aromatic rings. The van der Waals surface area contributed by atoms with Crippen LogP contribution < -0.4 is 5.32 Å². The monoisotopic (exact) mass is 201 g/mol. The van der Waals surface area contributed by atoms with Crippen LogP contribution in [0.5, 0.6) is 0 Å². The second kappa shape index (κ2) is 6.82. The lowest BCUT2D eigenvalue weighted by Gasteiger charge is -2.23. The maximum absolute atomic E-state index is 11.3. The van der Waals surface area contributed by atoms with Gasteiger partial charge >= 0.3 is 5.97 Å². The van der Waals surface area contributed by atoms with E-state index in [2.05, 4.69) is 33.0 Å². The summed E-state index contributed by atoms with van der Waals surface area (Å²) in [5, 5.41) is 3.37. The Labute approximate surface area is 87.2 Å². The number of carbonyl (C=O) groups is 1. The minimum absolute atomic E-state index is 0.112. The van der Waals surface area contributed by atoms with E-state index in [1.807, 2.05) is 6.92 Å². The molecule has 0 spiro atoms. The van der Waals surface area contributed by atoms with Gasteiger partial charge in [0.2, 0.25) is 0 Å². The quantitative estimate of drug-likeness (QED) is 0.668. The van der Waals surface area contributed by atoms with Gasteiger partial charge in [-0.3, -0.25) is 4.79 Å². The van der Waals surface area contributed by atoms with Crippen LogP contribution in [0.4, 0.5) is 0 Å². The molecule has 0 heterocycles. The number of ether oxygens (including phenoxy) is 1. The lowest BCUT2D eigenvalue weighted by molar-refractivity contribution is -0.144. The molecule has 84 valence electrons. The van der Waals surface area contributed by atoms with Gasteiger partial charge in [0.25, 0.3) is 0 Å². The predicted octanol–water partition coefficient (Wildman–Crippen LogP) is 1.96. The van der Waals surface area contributed by atoms with Crippen molar-refractivity contribution in [1.82, 2.24) is 5.32 Å². The largest absolute Gasteiger partial charge is 0.466 e. The highest BCUT2D eigenvalue weighted by atomic mass is 16.5. The minimum Gasteiger partial charge on any atom is -0.466 e. The Morgan fingerprint density at radius 3 is 2.21 bits per heavy atom. The Bertz CT molecular complexity index is 167. The van der Waals surface area contributed by atoms with E-state index in [1.165, 1.54) is 0 Å². The van der Waals surface area contributed by atoms with Crippen molar-refractivity contribution in [2.45, 2.75) is 53.1 Å². The van der Waals surface area contributed by atoms with Crippen molar-refractivity contribution in [3.05, 3.63) is 0 Å². The summed E-state index contributed by atoms with van der Waals surface area (Å²) in [5.74, 6) is 0.334. The van der Waals surface area contributed by atoms with Crippen molar-refractivity contribution in [3.8, 4) is 0 Å². The van der Waals surface area contributed by atoms with Crippen LogP contribution in [0.25, 0.3) is 0 Å². The molecule has 0 aliphatic rings. The predicted molar refractivity (Wildman–Crippen MR) is 58.1 cm³/mol. The van der Waals surface area contributed by atoms with Gasteiger partial charge in [-0.1, -0.05) is 27.7 Å². The van der Waals surface area contributed by atoms with E-state index in [0.29, 0.717) is 25.0 Å². The third-order valence-electron chi connectivity index (χ3n) is 2.04. The first-order chi connectivity index (χ1) is 6.47. The SMILES string of the molecule is CCOC(=O)CC(NC(C)C)C(C)C. The van der Waals surface area contributed by atoms with E-state index >= 15 is 0 Å². The van der Waals surface area contributed by atoms with Crippen LogP contribution in [0, 0.1) is 5.92 Å². The maximum atomic E-state index is 11.3. The highest BCUT2D eigenvalue weighted by molar-refractivity contribution is 5.70. The third-order valence-corrected chi connectivity index (χ3v) is 2.04. The smallest absolute Gasteiger partial charge is 0.307 e. The molecule has 0 saturated heterocycles. The van der Waals surface area contributed by atoms with Crippen molar-refractivity contribution in [3.63, 3.8) is 0 Å². The highest BCUT2D eigenvalue weighted by Gasteiger charge is 2.18. The number of carbonyl (C=O) groups excluding carboxylic acids is 1. The standard InChI is InChI=1S/C11H23NO2/c1-6-14-11(13)7-10(8(2)3)12-9(4)5/h8-10,12H,6-7H2,1-5H3. The molecule has 0 aliphatic carbocycles. The third kappa shape index (κ3) is 5.97. The molecule has 1 atom stereocenters. The molecule has 3 heteroatoms. The fourth-order valence-electron chi connectivity index (χ4n) is 1.31. The van der Waals surface area contributed by atoms with E-state index in [9.17, 15) is 4.79 Å². The Morgan fingerprint density at radius 1 is 1.29 bits per heavy atom. The van der Waals surface area contributed by atoms with Crippen molar-refractivity contribution in [1.29, 1.82) is 0 Å². The van der Waals surface area contributed by atoms with Crippen LogP contribution in [-0.4, -0.2) is 24.7 Å². The topological polar surface area (TPSA) is 38.3 Å². The van der Waals surface area contributed by atoms with Crippen molar-refractivity contribution in [2.24, 2.45) is 5.92 Å². The summed E-state index contributed by atoms with van der Waals surface area (Å²) in [7, 11) is 0. The first-order valence-corrected chi connectivity index (χ1v) is 5.39. The molecule has 0 bridgehead atoms. The molecule has 0 aromatic heterocycles. The van der Waals surface area contributed by atoms with Gasteiger partial charge in [-0.05, 0) is 12.8 Å². The van der Waals surface area contributed by atoms with E-state index in [4.69, 9.17) is 4.74 Å². The van der Waals surface area contributed by atoms with Gasteiger partial charge in [-0.15, -0.1) is 0 Å². The maximum Gasteiger partial charge on any atom is 0.307 e. The number of hydrogen-bond donors (Lipinski definition) is 1. The van der Waals surface area contributed by atoms with Crippen LogP contribution in [0.15, 0.2) is 0 Å². The zero-order valence-corrected chi connectivity index (χ0v) is 9.96. The summed E-state index contributed by atoms with van der Waals surface area (Å²) < 4.78 is 4.93. The molecule has 0 aliphatic heterocycles. The fourth-order valence-corrected chi connectivity index (χ4v) is 1.31. The van der Waals surface area contributed by atoms with Gasteiger partial charge in [0.15, 0.2) is 0 Å². The average Bonchev–Trinajstić information content (AvgIpc) is 2.02. The number of nitrogens with one attached hydrogen (secondary N) is 1. The van der Waals surface area contributed by atoms with Crippen LogP contribution in [0.1, 0.15) is 41.0 Å². The number of hydrogen-bond acceptors (Lipinski definition) is 3. The molecule has 1 unspecified atom stereocenters. The lowest BCUT2D eigenvalue weighted by Crippen LogP contribution is -2.40. The molecular formula is C11H23NO2. The first-order valence-electron chi connectivity index (χ1n) is 5.39. The van der Waals surface area contributed by atoms with Gasteiger partial charge in [-0.2, -0.15) is 0 Å². The Hall–Kier alpha value is -0.570. The second-order valence-corrected chi connectivity index (χ2v) is 4.18. The van der Waals surface area contributed by atoms with E-state index < -0.39 is 0 Å². The molecule has 0 amide bonds. The second-order valence-electron chi connectivity index (χ2n) is 4.18. The van der Waals surface area contributed by atoms with E-state index in [0.717, 1.165) is 0 Å². The van der Waals surface area contributed by atoms with Gasteiger partial charge in [0.1, 0.15) is 0 Å². The Kier molecular flexibility index (Phi) is 6.54. The molecule has 0 saturated carbocycles. The summed E-state index contributed by atoms with van der Waals surface area (Å²) >= 11 is 0. The van der Waals surface area contributed by atoms with Crippen LogP contribution in [0.3, 0.4) is 0 Å². The molecule has 0 radical (unpaired) electrons. The van der Waals surface area contributed by atoms with Crippen molar-refractivity contribution in [2.75, 3.05) is 6.61 Å². The number of rotatable bonds is 6. The number of esters is 1. The molecule has 0 fully saturated rings. The molecule has 1 N–H and O–H groups in total. The highest BCUT2D eigenvalue weighted by Crippen LogP contribution is 2.08. The summed E-state index contributed by atoms with van der Waals surface area (Å²) in [6.45, 7) is 10.7. The van der Waals surface area contributed by atoms with Crippen molar-refractivity contribution >= 4 is 5.97 Å². The zero-order valence-electron chi connectivity index (χ0n) is 9.96. The minimum atomic E-state index is -0.112. The summed E-state index contributed by atoms with van der Waals surface area (Å²) in [4.78, 5) is 11.3. The first kappa shape index (κ1) is 13.4. The van der Waals surface area contributed by atoms with Crippen LogP contribution in [-0.2, 0) is 9.53 Å².